The maximum atomic E-state index is 13.5. The second-order valence-electron chi connectivity index (χ2n) is 8.27. The standard InChI is InChI=1S/C24H25F2N3O2S/c1-16(2)32(30,31)29-13-11-17(12-14-29)22-15-27-23(18-3-7-20(25)8-4-18)24(28-22)19-5-9-21(26)10-6-19/h3-10,15-17H,11-14H2,1-2H3. The van der Waals surface area contributed by atoms with Crippen molar-refractivity contribution in [3.63, 3.8) is 0 Å². The van der Waals surface area contributed by atoms with E-state index in [0.29, 0.717) is 48.4 Å². The zero-order valence-electron chi connectivity index (χ0n) is 18.0. The Hall–Kier alpha value is -2.71. The minimum atomic E-state index is -3.28. The van der Waals surface area contributed by atoms with Crippen LogP contribution in [0.2, 0.25) is 0 Å². The van der Waals surface area contributed by atoms with Gasteiger partial charge in [0, 0.05) is 36.3 Å². The van der Waals surface area contributed by atoms with E-state index >= 15 is 0 Å². The van der Waals surface area contributed by atoms with E-state index in [1.807, 2.05) is 0 Å². The van der Waals surface area contributed by atoms with Crippen molar-refractivity contribution in [3.05, 3.63) is 72.1 Å². The van der Waals surface area contributed by atoms with Crippen LogP contribution >= 0.6 is 0 Å². The molecule has 168 valence electrons. The van der Waals surface area contributed by atoms with E-state index in [0.717, 1.165) is 5.69 Å². The average Bonchev–Trinajstić information content (AvgIpc) is 2.80. The molecule has 0 aliphatic carbocycles. The molecule has 1 aliphatic heterocycles. The summed E-state index contributed by atoms with van der Waals surface area (Å²) in [5.41, 5.74) is 3.37. The summed E-state index contributed by atoms with van der Waals surface area (Å²) in [6.45, 7) is 4.27. The van der Waals surface area contributed by atoms with Gasteiger partial charge in [-0.15, -0.1) is 0 Å². The van der Waals surface area contributed by atoms with E-state index in [1.165, 1.54) is 24.3 Å². The first-order chi connectivity index (χ1) is 15.3. The molecule has 0 atom stereocenters. The van der Waals surface area contributed by atoms with Gasteiger partial charge in [0.05, 0.1) is 22.3 Å². The third kappa shape index (κ3) is 4.56. The normalized spacial score (nSPS) is 15.9. The first kappa shape index (κ1) is 22.5. The third-order valence-corrected chi connectivity index (χ3v) is 8.13. The van der Waals surface area contributed by atoms with Crippen molar-refractivity contribution in [1.82, 2.24) is 14.3 Å². The molecule has 0 spiro atoms. The SMILES string of the molecule is CC(C)S(=O)(=O)N1CCC(c2cnc(-c3ccc(F)cc3)c(-c3ccc(F)cc3)n2)CC1. The predicted molar refractivity (Wildman–Crippen MR) is 120 cm³/mol. The number of aromatic nitrogens is 2. The summed E-state index contributed by atoms with van der Waals surface area (Å²) >= 11 is 0. The lowest BCUT2D eigenvalue weighted by molar-refractivity contribution is 0.314. The van der Waals surface area contributed by atoms with Crippen LogP contribution in [0.25, 0.3) is 22.5 Å². The molecule has 1 aromatic heterocycles. The van der Waals surface area contributed by atoms with Gasteiger partial charge >= 0.3 is 0 Å². The second kappa shape index (κ2) is 9.03. The quantitative estimate of drug-likeness (QED) is 0.541. The van der Waals surface area contributed by atoms with Gasteiger partial charge in [0.2, 0.25) is 10.0 Å². The Bertz CT molecular complexity index is 1190. The van der Waals surface area contributed by atoms with Crippen LogP contribution in [0.15, 0.2) is 54.7 Å². The van der Waals surface area contributed by atoms with Crippen LogP contribution < -0.4 is 0 Å². The molecule has 2 aromatic carbocycles. The molecule has 0 N–H and O–H groups in total. The first-order valence-corrected chi connectivity index (χ1v) is 12.1. The Kier molecular flexibility index (Phi) is 6.35. The molecule has 0 bridgehead atoms. The molecule has 3 aromatic rings. The zero-order valence-corrected chi connectivity index (χ0v) is 18.8. The highest BCUT2D eigenvalue weighted by Crippen LogP contribution is 2.34. The third-order valence-electron chi connectivity index (χ3n) is 5.85. The number of hydrogen-bond donors (Lipinski definition) is 0. The van der Waals surface area contributed by atoms with Crippen LogP contribution in [0, 0.1) is 11.6 Å². The monoisotopic (exact) mass is 457 g/mol. The molecule has 4 rings (SSSR count). The Morgan fingerprint density at radius 1 is 0.875 bits per heavy atom. The molecule has 32 heavy (non-hydrogen) atoms. The van der Waals surface area contributed by atoms with Crippen molar-refractivity contribution in [1.29, 1.82) is 0 Å². The van der Waals surface area contributed by atoms with Crippen LogP contribution in [0.5, 0.6) is 0 Å². The molecule has 1 saturated heterocycles. The Balaban J connectivity index is 1.67. The molecule has 0 radical (unpaired) electrons. The lowest BCUT2D eigenvalue weighted by Gasteiger charge is -2.32. The number of sulfonamides is 1. The van der Waals surface area contributed by atoms with E-state index in [-0.39, 0.29) is 17.6 Å². The van der Waals surface area contributed by atoms with Crippen LogP contribution in [-0.4, -0.2) is 41.0 Å². The topological polar surface area (TPSA) is 63.2 Å². The Labute approximate surface area is 187 Å². The lowest BCUT2D eigenvalue weighted by atomic mass is 9.94. The number of rotatable bonds is 5. The molecule has 0 saturated carbocycles. The molecule has 2 heterocycles. The minimum Gasteiger partial charge on any atom is -0.252 e. The molecule has 0 amide bonds. The lowest BCUT2D eigenvalue weighted by Crippen LogP contribution is -2.41. The summed E-state index contributed by atoms with van der Waals surface area (Å²) in [6, 6.07) is 12.0. The van der Waals surface area contributed by atoms with Crippen LogP contribution in [0.4, 0.5) is 8.78 Å². The van der Waals surface area contributed by atoms with Gasteiger partial charge in [-0.1, -0.05) is 0 Å². The first-order valence-electron chi connectivity index (χ1n) is 10.6. The van der Waals surface area contributed by atoms with Crippen molar-refractivity contribution in [3.8, 4) is 22.5 Å². The van der Waals surface area contributed by atoms with Gasteiger partial charge in [0.25, 0.3) is 0 Å². The highest BCUT2D eigenvalue weighted by atomic mass is 32.2. The number of halogens is 2. The van der Waals surface area contributed by atoms with E-state index in [4.69, 9.17) is 4.98 Å². The summed E-state index contributed by atoms with van der Waals surface area (Å²) in [5, 5.41) is -0.445. The van der Waals surface area contributed by atoms with Gasteiger partial charge < -0.3 is 0 Å². The fourth-order valence-electron chi connectivity index (χ4n) is 3.93. The van der Waals surface area contributed by atoms with Crippen LogP contribution in [0.1, 0.15) is 38.3 Å². The van der Waals surface area contributed by atoms with Gasteiger partial charge in [-0.05, 0) is 75.2 Å². The predicted octanol–water partition coefficient (Wildman–Crippen LogP) is 5.01. The van der Waals surface area contributed by atoms with Crippen molar-refractivity contribution in [2.24, 2.45) is 0 Å². The highest BCUT2D eigenvalue weighted by molar-refractivity contribution is 7.89. The second-order valence-corrected chi connectivity index (χ2v) is 10.8. The van der Waals surface area contributed by atoms with Crippen molar-refractivity contribution in [2.75, 3.05) is 13.1 Å². The summed E-state index contributed by atoms with van der Waals surface area (Å²) in [6.07, 6.45) is 3.02. The number of hydrogen-bond acceptors (Lipinski definition) is 4. The van der Waals surface area contributed by atoms with Crippen molar-refractivity contribution >= 4 is 10.0 Å². The summed E-state index contributed by atoms with van der Waals surface area (Å²) in [7, 11) is -3.28. The van der Waals surface area contributed by atoms with E-state index in [1.54, 1.807) is 48.6 Å². The fraction of sp³-hybridized carbons (Fsp3) is 0.333. The van der Waals surface area contributed by atoms with Crippen LogP contribution in [-0.2, 0) is 10.0 Å². The Morgan fingerprint density at radius 3 is 1.88 bits per heavy atom. The number of nitrogens with zero attached hydrogens (tertiary/aromatic N) is 3. The summed E-state index contributed by atoms with van der Waals surface area (Å²) < 4.78 is 53.4. The molecule has 8 heteroatoms. The fourth-order valence-corrected chi connectivity index (χ4v) is 5.25. The molecule has 1 aliphatic rings. The van der Waals surface area contributed by atoms with Crippen LogP contribution in [0.3, 0.4) is 0 Å². The average molecular weight is 458 g/mol. The minimum absolute atomic E-state index is 0.0718. The number of piperidine rings is 1. The van der Waals surface area contributed by atoms with Crippen molar-refractivity contribution < 1.29 is 17.2 Å². The van der Waals surface area contributed by atoms with Gasteiger partial charge in [-0.2, -0.15) is 0 Å². The Morgan fingerprint density at radius 2 is 1.38 bits per heavy atom. The highest BCUT2D eigenvalue weighted by Gasteiger charge is 2.31. The van der Waals surface area contributed by atoms with E-state index in [2.05, 4.69) is 4.98 Å². The molecule has 5 nitrogen and oxygen atoms in total. The summed E-state index contributed by atoms with van der Waals surface area (Å²) in [5.74, 6) is -0.618. The largest absolute Gasteiger partial charge is 0.252 e. The van der Waals surface area contributed by atoms with E-state index in [9.17, 15) is 17.2 Å². The molecule has 0 unspecified atom stereocenters. The van der Waals surface area contributed by atoms with Gasteiger partial charge in [0.15, 0.2) is 0 Å². The molecule has 1 fully saturated rings. The number of benzene rings is 2. The van der Waals surface area contributed by atoms with Gasteiger partial charge in [-0.3, -0.25) is 4.98 Å². The maximum Gasteiger partial charge on any atom is 0.216 e. The molecular formula is C24H25F2N3O2S. The maximum absolute atomic E-state index is 13.5. The zero-order chi connectivity index (χ0) is 22.9. The smallest absolute Gasteiger partial charge is 0.216 e. The summed E-state index contributed by atoms with van der Waals surface area (Å²) in [4.78, 5) is 9.51. The van der Waals surface area contributed by atoms with Crippen molar-refractivity contribution in [2.45, 2.75) is 37.9 Å². The molecular weight excluding hydrogens is 432 g/mol. The van der Waals surface area contributed by atoms with Gasteiger partial charge in [-0.25, -0.2) is 26.5 Å². The van der Waals surface area contributed by atoms with E-state index < -0.39 is 15.3 Å². The van der Waals surface area contributed by atoms with Gasteiger partial charge in [0.1, 0.15) is 11.6 Å².